The van der Waals surface area contributed by atoms with Gasteiger partial charge < -0.3 is 14.6 Å². The van der Waals surface area contributed by atoms with Crippen molar-refractivity contribution in [2.24, 2.45) is 0 Å². The summed E-state index contributed by atoms with van der Waals surface area (Å²) in [5, 5.41) is 9.98. The summed E-state index contributed by atoms with van der Waals surface area (Å²) in [7, 11) is 0. The predicted molar refractivity (Wildman–Crippen MR) is 68.2 cm³/mol. The third-order valence-electron chi connectivity index (χ3n) is 2.97. The molecule has 0 aromatic heterocycles. The van der Waals surface area contributed by atoms with E-state index in [4.69, 9.17) is 9.47 Å². The fraction of sp³-hybridized carbons (Fsp3) is 0.923. The Morgan fingerprint density at radius 3 is 2.56 bits per heavy atom. The molecule has 1 rings (SSSR count). The molecule has 0 saturated carbocycles. The van der Waals surface area contributed by atoms with Crippen LogP contribution in [0.1, 0.15) is 48.0 Å². The first-order valence-electron chi connectivity index (χ1n) is 6.43. The molecule has 1 unspecified atom stereocenters. The van der Waals surface area contributed by atoms with Crippen LogP contribution >= 0.6 is 0 Å². The molecule has 0 aliphatic carbocycles. The van der Waals surface area contributed by atoms with Gasteiger partial charge in [0.25, 0.3) is 0 Å². The monoisotopic (exact) mass is 259 g/mol. The maximum absolute atomic E-state index is 12.2. The van der Waals surface area contributed by atoms with Gasteiger partial charge in [0.2, 0.25) is 0 Å². The minimum absolute atomic E-state index is 0.335. The van der Waals surface area contributed by atoms with Gasteiger partial charge in [-0.3, -0.25) is 4.90 Å². The molecule has 0 aromatic rings. The van der Waals surface area contributed by atoms with Gasteiger partial charge in [-0.25, -0.2) is 4.79 Å². The van der Waals surface area contributed by atoms with Crippen LogP contribution in [0.25, 0.3) is 0 Å². The van der Waals surface area contributed by atoms with Crippen molar-refractivity contribution in [1.29, 1.82) is 0 Å². The summed E-state index contributed by atoms with van der Waals surface area (Å²) in [5.41, 5.74) is -1.30. The van der Waals surface area contributed by atoms with E-state index in [0.717, 1.165) is 0 Å². The zero-order valence-electron chi connectivity index (χ0n) is 12.2. The molecule has 1 N–H and O–H groups in total. The molecule has 0 spiro atoms. The van der Waals surface area contributed by atoms with Crippen LogP contribution in [0.2, 0.25) is 0 Å². The fourth-order valence-electron chi connectivity index (χ4n) is 2.05. The highest BCUT2D eigenvalue weighted by molar-refractivity contribution is 5.69. The number of rotatable bonds is 2. The number of ether oxygens (including phenoxy) is 2. The zero-order valence-corrected chi connectivity index (χ0v) is 12.2. The molecule has 1 heterocycles. The van der Waals surface area contributed by atoms with Gasteiger partial charge in [0.05, 0.1) is 18.8 Å². The molecular weight excluding hydrogens is 234 g/mol. The summed E-state index contributed by atoms with van der Waals surface area (Å²) in [5.74, 6) is 0. The molecule has 1 aliphatic rings. The van der Waals surface area contributed by atoms with Crippen molar-refractivity contribution in [3.63, 3.8) is 0 Å². The summed E-state index contributed by atoms with van der Waals surface area (Å²) in [6, 6.07) is -0.347. The van der Waals surface area contributed by atoms with E-state index in [-0.39, 0.29) is 6.04 Å². The third-order valence-corrected chi connectivity index (χ3v) is 2.97. The first kappa shape index (κ1) is 15.2. The molecule has 1 saturated heterocycles. The number of nitrogens with zero attached hydrogens (tertiary/aromatic N) is 1. The van der Waals surface area contributed by atoms with E-state index in [1.165, 1.54) is 4.90 Å². The van der Waals surface area contributed by atoms with Crippen molar-refractivity contribution < 1.29 is 19.4 Å². The molecule has 106 valence electrons. The molecule has 1 amide bonds. The second-order valence-corrected chi connectivity index (χ2v) is 6.15. The second-order valence-electron chi connectivity index (χ2n) is 6.15. The molecule has 5 heteroatoms. The van der Waals surface area contributed by atoms with Gasteiger partial charge in [-0.1, -0.05) is 6.92 Å². The van der Waals surface area contributed by atoms with E-state index in [1.807, 2.05) is 27.7 Å². The molecule has 0 bridgehead atoms. The summed E-state index contributed by atoms with van der Waals surface area (Å²) in [6.07, 6.45) is -0.467. The van der Waals surface area contributed by atoms with Gasteiger partial charge >= 0.3 is 6.09 Å². The highest BCUT2D eigenvalue weighted by Gasteiger charge is 2.47. The summed E-state index contributed by atoms with van der Waals surface area (Å²) in [4.78, 5) is 13.7. The molecule has 0 radical (unpaired) electrons. The minimum Gasteiger partial charge on any atom is -0.444 e. The van der Waals surface area contributed by atoms with Gasteiger partial charge in [-0.15, -0.1) is 0 Å². The van der Waals surface area contributed by atoms with Gasteiger partial charge in [0, 0.05) is 0 Å². The molecule has 2 atom stereocenters. The Balaban J connectivity index is 2.88. The van der Waals surface area contributed by atoms with Crippen LogP contribution < -0.4 is 0 Å². The lowest BCUT2D eigenvalue weighted by molar-refractivity contribution is -0.0678. The van der Waals surface area contributed by atoms with Crippen molar-refractivity contribution in [2.45, 2.75) is 71.4 Å². The maximum atomic E-state index is 12.2. The fourth-order valence-corrected chi connectivity index (χ4v) is 2.05. The van der Waals surface area contributed by atoms with E-state index in [2.05, 4.69) is 0 Å². The molecular formula is C13H25NO4. The number of amides is 1. The average molecular weight is 259 g/mol. The summed E-state index contributed by atoms with van der Waals surface area (Å²) >= 11 is 0. The van der Waals surface area contributed by atoms with Crippen molar-refractivity contribution in [1.82, 2.24) is 4.90 Å². The number of carbonyl (C=O) groups excluding carboxylic acids is 1. The Labute approximate surface area is 109 Å². The predicted octanol–water partition coefficient (Wildman–Crippen LogP) is 2.13. The van der Waals surface area contributed by atoms with Gasteiger partial charge in [0.1, 0.15) is 11.3 Å². The number of hydrogen-bond acceptors (Lipinski definition) is 4. The Bertz CT molecular complexity index is 309. The average Bonchev–Trinajstić information content (AvgIpc) is 2.50. The Kier molecular flexibility index (Phi) is 4.28. The lowest BCUT2D eigenvalue weighted by Crippen LogP contribution is -2.53. The molecule has 1 aliphatic heterocycles. The normalized spacial score (nSPS) is 25.1. The summed E-state index contributed by atoms with van der Waals surface area (Å²) < 4.78 is 11.0. The first-order valence-corrected chi connectivity index (χ1v) is 6.43. The third kappa shape index (κ3) is 3.36. The number of carbonyl (C=O) groups is 1. The SMILES string of the molecule is CCC(O)[C@H]1COC(C)(C)N1C(=O)OC(C)(C)C. The maximum Gasteiger partial charge on any atom is 0.412 e. The van der Waals surface area contributed by atoms with Gasteiger partial charge in [-0.05, 0) is 41.0 Å². The Morgan fingerprint density at radius 1 is 1.56 bits per heavy atom. The van der Waals surface area contributed by atoms with Gasteiger partial charge in [-0.2, -0.15) is 0 Å². The number of aliphatic hydroxyl groups is 1. The standard InChI is InChI=1S/C13H25NO4/c1-7-10(15)9-8-17-13(5,6)14(9)11(16)18-12(2,3)4/h9-10,15H,7-8H2,1-6H3/t9-,10?/m1/s1. The summed E-state index contributed by atoms with van der Waals surface area (Å²) in [6.45, 7) is 11.3. The first-order chi connectivity index (χ1) is 8.08. The molecule has 1 fully saturated rings. The van der Waals surface area contributed by atoms with E-state index in [1.54, 1.807) is 13.8 Å². The lowest BCUT2D eigenvalue weighted by atomic mass is 10.1. The van der Waals surface area contributed by atoms with Crippen LogP contribution in [0, 0.1) is 0 Å². The van der Waals surface area contributed by atoms with Crippen LogP contribution in [-0.2, 0) is 9.47 Å². The van der Waals surface area contributed by atoms with E-state index < -0.39 is 23.5 Å². The van der Waals surface area contributed by atoms with E-state index >= 15 is 0 Å². The van der Waals surface area contributed by atoms with Gasteiger partial charge in [0.15, 0.2) is 0 Å². The zero-order chi connectivity index (χ0) is 14.1. The van der Waals surface area contributed by atoms with Crippen LogP contribution in [-0.4, -0.2) is 46.2 Å². The van der Waals surface area contributed by atoms with Crippen LogP contribution in [0.3, 0.4) is 0 Å². The topological polar surface area (TPSA) is 59.0 Å². The highest BCUT2D eigenvalue weighted by atomic mass is 16.6. The molecule has 5 nitrogen and oxygen atoms in total. The largest absolute Gasteiger partial charge is 0.444 e. The smallest absolute Gasteiger partial charge is 0.412 e. The Hall–Kier alpha value is -0.810. The van der Waals surface area contributed by atoms with Crippen molar-refractivity contribution in [2.75, 3.05) is 6.61 Å². The second kappa shape index (κ2) is 5.05. The number of aliphatic hydroxyl groups excluding tert-OH is 1. The van der Waals surface area contributed by atoms with E-state index in [0.29, 0.717) is 13.0 Å². The number of hydrogen-bond donors (Lipinski definition) is 1. The van der Waals surface area contributed by atoms with Crippen LogP contribution in [0.5, 0.6) is 0 Å². The van der Waals surface area contributed by atoms with E-state index in [9.17, 15) is 9.90 Å². The molecule has 0 aromatic carbocycles. The Morgan fingerprint density at radius 2 is 2.11 bits per heavy atom. The quantitative estimate of drug-likeness (QED) is 0.825. The van der Waals surface area contributed by atoms with Crippen molar-refractivity contribution in [3.8, 4) is 0 Å². The lowest BCUT2D eigenvalue weighted by Gasteiger charge is -2.36. The van der Waals surface area contributed by atoms with Crippen molar-refractivity contribution >= 4 is 6.09 Å². The van der Waals surface area contributed by atoms with Crippen molar-refractivity contribution in [3.05, 3.63) is 0 Å². The molecule has 18 heavy (non-hydrogen) atoms. The van der Waals surface area contributed by atoms with Crippen LogP contribution in [0.15, 0.2) is 0 Å². The van der Waals surface area contributed by atoms with Crippen LogP contribution in [0.4, 0.5) is 4.79 Å². The minimum atomic E-state index is -0.747. The highest BCUT2D eigenvalue weighted by Crippen LogP contribution is 2.31.